The highest BCUT2D eigenvalue weighted by Gasteiger charge is 2.13. The predicted molar refractivity (Wildman–Crippen MR) is 112 cm³/mol. The summed E-state index contributed by atoms with van der Waals surface area (Å²) in [5, 5.41) is 5.97. The molecule has 0 atom stereocenters. The lowest BCUT2D eigenvalue weighted by molar-refractivity contribution is -0.146. The zero-order valence-electron chi connectivity index (χ0n) is 15.5. The quantitative estimate of drug-likeness (QED) is 0.588. The fourth-order valence-corrected chi connectivity index (χ4v) is 3.64. The van der Waals surface area contributed by atoms with Crippen LogP contribution in [-0.4, -0.2) is 23.5 Å². The van der Waals surface area contributed by atoms with Crippen LogP contribution < -0.4 is 5.32 Å². The second kappa shape index (κ2) is 8.99. The Morgan fingerprint density at radius 3 is 2.75 bits per heavy atom. The Morgan fingerprint density at radius 1 is 1.18 bits per heavy atom. The summed E-state index contributed by atoms with van der Waals surface area (Å²) in [5.74, 6) is -0.901. The van der Waals surface area contributed by atoms with Gasteiger partial charge in [-0.1, -0.05) is 35.4 Å². The summed E-state index contributed by atoms with van der Waals surface area (Å²) in [6.07, 6.45) is 0.0234. The first-order valence-corrected chi connectivity index (χ1v) is 9.89. The molecule has 0 fully saturated rings. The van der Waals surface area contributed by atoms with E-state index in [1.165, 1.54) is 11.3 Å². The number of amides is 1. The molecule has 0 aliphatic carbocycles. The third kappa shape index (κ3) is 5.41. The lowest BCUT2D eigenvalue weighted by Gasteiger charge is -2.09. The van der Waals surface area contributed by atoms with Crippen molar-refractivity contribution < 1.29 is 14.3 Å². The van der Waals surface area contributed by atoms with Gasteiger partial charge in [0.05, 0.1) is 12.1 Å². The fraction of sp³-hybridized carbons (Fsp3) is 0.190. The first kappa shape index (κ1) is 20.0. The number of carbonyl (C=O) groups is 2. The molecule has 144 valence electrons. The van der Waals surface area contributed by atoms with Crippen molar-refractivity contribution in [3.05, 3.63) is 69.7 Å². The Hall–Kier alpha value is -2.70. The van der Waals surface area contributed by atoms with E-state index >= 15 is 0 Å². The summed E-state index contributed by atoms with van der Waals surface area (Å²) in [5.41, 5.74) is 4.25. The van der Waals surface area contributed by atoms with Crippen LogP contribution in [0.25, 0.3) is 10.6 Å². The van der Waals surface area contributed by atoms with E-state index in [0.29, 0.717) is 16.4 Å². The second-order valence-electron chi connectivity index (χ2n) is 6.36. The largest absolute Gasteiger partial charge is 0.455 e. The van der Waals surface area contributed by atoms with Crippen LogP contribution >= 0.6 is 22.9 Å². The molecule has 5 nitrogen and oxygen atoms in total. The lowest BCUT2D eigenvalue weighted by atomic mass is 10.1. The van der Waals surface area contributed by atoms with E-state index in [2.05, 4.69) is 10.3 Å². The van der Waals surface area contributed by atoms with E-state index < -0.39 is 11.9 Å². The molecule has 0 unspecified atom stereocenters. The number of ether oxygens (including phenoxy) is 1. The third-order valence-corrected chi connectivity index (χ3v) is 5.14. The molecule has 7 heteroatoms. The molecule has 0 aliphatic heterocycles. The molecule has 1 N–H and O–H groups in total. The van der Waals surface area contributed by atoms with Crippen molar-refractivity contribution >= 4 is 40.5 Å². The molecule has 0 bridgehead atoms. The minimum Gasteiger partial charge on any atom is -0.455 e. The summed E-state index contributed by atoms with van der Waals surface area (Å²) < 4.78 is 5.07. The highest BCUT2D eigenvalue weighted by molar-refractivity contribution is 7.13. The molecule has 1 aromatic heterocycles. The predicted octanol–water partition coefficient (Wildman–Crippen LogP) is 4.80. The van der Waals surface area contributed by atoms with Crippen molar-refractivity contribution in [3.63, 3.8) is 0 Å². The molecule has 2 aromatic carbocycles. The second-order valence-corrected chi connectivity index (χ2v) is 7.65. The van der Waals surface area contributed by atoms with Crippen LogP contribution in [0, 0.1) is 13.8 Å². The van der Waals surface area contributed by atoms with E-state index in [-0.39, 0.29) is 13.0 Å². The van der Waals surface area contributed by atoms with Gasteiger partial charge in [-0.15, -0.1) is 11.3 Å². The molecule has 0 radical (unpaired) electrons. The van der Waals surface area contributed by atoms with Crippen molar-refractivity contribution in [2.45, 2.75) is 20.3 Å². The van der Waals surface area contributed by atoms with Gasteiger partial charge in [-0.05, 0) is 43.7 Å². The summed E-state index contributed by atoms with van der Waals surface area (Å²) in [6.45, 7) is 3.50. The van der Waals surface area contributed by atoms with Gasteiger partial charge < -0.3 is 10.1 Å². The van der Waals surface area contributed by atoms with E-state index in [1.54, 1.807) is 18.2 Å². The van der Waals surface area contributed by atoms with Crippen molar-refractivity contribution in [2.75, 3.05) is 11.9 Å². The molecule has 3 rings (SSSR count). The normalized spacial score (nSPS) is 10.5. The summed E-state index contributed by atoms with van der Waals surface area (Å²) in [4.78, 5) is 28.5. The zero-order chi connectivity index (χ0) is 20.1. The maximum atomic E-state index is 12.0. The number of hydrogen-bond acceptors (Lipinski definition) is 5. The fourth-order valence-electron chi connectivity index (χ4n) is 2.60. The van der Waals surface area contributed by atoms with Crippen LogP contribution in [-0.2, 0) is 20.7 Å². The summed E-state index contributed by atoms with van der Waals surface area (Å²) in [6, 6.07) is 13.2. The Bertz CT molecular complexity index is 1020. The van der Waals surface area contributed by atoms with E-state index in [0.717, 1.165) is 21.7 Å². The number of anilines is 1. The van der Waals surface area contributed by atoms with Gasteiger partial charge >= 0.3 is 5.97 Å². The lowest BCUT2D eigenvalue weighted by Crippen LogP contribution is -2.22. The van der Waals surface area contributed by atoms with Crippen LogP contribution in [0.4, 0.5) is 5.69 Å². The van der Waals surface area contributed by atoms with Crippen molar-refractivity contribution in [3.8, 4) is 10.6 Å². The number of nitrogens with one attached hydrogen (secondary N) is 1. The summed E-state index contributed by atoms with van der Waals surface area (Å²) >= 11 is 7.37. The van der Waals surface area contributed by atoms with E-state index in [9.17, 15) is 9.59 Å². The minimum absolute atomic E-state index is 0.0234. The number of hydrogen-bond donors (Lipinski definition) is 1. The first-order valence-electron chi connectivity index (χ1n) is 8.64. The van der Waals surface area contributed by atoms with Crippen molar-refractivity contribution in [1.82, 2.24) is 4.98 Å². The molecular weight excluding hydrogens is 396 g/mol. The van der Waals surface area contributed by atoms with Crippen LogP contribution in [0.5, 0.6) is 0 Å². The van der Waals surface area contributed by atoms with Gasteiger partial charge in [-0.2, -0.15) is 0 Å². The highest BCUT2D eigenvalue weighted by atomic mass is 35.5. The average molecular weight is 415 g/mol. The number of carbonyl (C=O) groups excluding carboxylic acids is 2. The van der Waals surface area contributed by atoms with Crippen LogP contribution in [0.15, 0.2) is 47.8 Å². The number of esters is 1. The maximum Gasteiger partial charge on any atom is 0.312 e. The monoisotopic (exact) mass is 414 g/mol. The number of rotatable bonds is 6. The topological polar surface area (TPSA) is 68.3 Å². The molecule has 1 amide bonds. The molecule has 0 aliphatic rings. The molecule has 0 saturated carbocycles. The van der Waals surface area contributed by atoms with Crippen molar-refractivity contribution in [2.24, 2.45) is 0 Å². The molecule has 1 heterocycles. The summed E-state index contributed by atoms with van der Waals surface area (Å²) in [7, 11) is 0. The van der Waals surface area contributed by atoms with Crippen LogP contribution in [0.1, 0.15) is 16.8 Å². The number of aryl methyl sites for hydroxylation is 2. The standard InChI is InChI=1S/C21H19ClN2O3S/c1-13-4-3-5-15(8-13)21-23-17(12-28-21)10-20(26)27-11-19(25)24-18-7-6-16(22)9-14(18)2/h3-9,12H,10-11H2,1-2H3,(H,24,25). The zero-order valence-corrected chi connectivity index (χ0v) is 17.1. The van der Waals surface area contributed by atoms with Gasteiger partial charge in [0.2, 0.25) is 0 Å². The van der Waals surface area contributed by atoms with Gasteiger partial charge in [-0.25, -0.2) is 4.98 Å². The van der Waals surface area contributed by atoms with Crippen molar-refractivity contribution in [1.29, 1.82) is 0 Å². The van der Waals surface area contributed by atoms with E-state index in [1.807, 2.05) is 43.5 Å². The van der Waals surface area contributed by atoms with Gasteiger partial charge in [0.25, 0.3) is 5.91 Å². The van der Waals surface area contributed by atoms with Crippen LogP contribution in [0.2, 0.25) is 5.02 Å². The Morgan fingerprint density at radius 2 is 2.00 bits per heavy atom. The van der Waals surface area contributed by atoms with Gasteiger partial charge in [0.1, 0.15) is 5.01 Å². The number of nitrogens with zero attached hydrogens (tertiary/aromatic N) is 1. The van der Waals surface area contributed by atoms with Gasteiger partial charge in [0.15, 0.2) is 6.61 Å². The van der Waals surface area contributed by atoms with Crippen LogP contribution in [0.3, 0.4) is 0 Å². The Labute approximate surface area is 172 Å². The van der Waals surface area contributed by atoms with E-state index in [4.69, 9.17) is 16.3 Å². The Kier molecular flexibility index (Phi) is 6.44. The van der Waals surface area contributed by atoms with Gasteiger partial charge in [0, 0.05) is 21.7 Å². The maximum absolute atomic E-state index is 12.0. The third-order valence-electron chi connectivity index (χ3n) is 3.97. The smallest absolute Gasteiger partial charge is 0.312 e. The molecular formula is C21H19ClN2O3S. The molecule has 28 heavy (non-hydrogen) atoms. The number of halogens is 1. The molecule has 0 saturated heterocycles. The first-order chi connectivity index (χ1) is 13.4. The number of aromatic nitrogens is 1. The average Bonchev–Trinajstić information content (AvgIpc) is 3.11. The SMILES string of the molecule is Cc1cccc(-c2nc(CC(=O)OCC(=O)Nc3ccc(Cl)cc3C)cs2)c1. The molecule has 0 spiro atoms. The minimum atomic E-state index is -0.496. The number of benzene rings is 2. The highest BCUT2D eigenvalue weighted by Crippen LogP contribution is 2.24. The number of thiazole rings is 1. The van der Waals surface area contributed by atoms with Gasteiger partial charge in [-0.3, -0.25) is 9.59 Å². The Balaban J connectivity index is 1.51. The molecule has 3 aromatic rings.